The highest BCUT2D eigenvalue weighted by atomic mass is 79.9. The summed E-state index contributed by atoms with van der Waals surface area (Å²) in [5.74, 6) is -0.908. The highest BCUT2D eigenvalue weighted by molar-refractivity contribution is 9.10. The highest BCUT2D eigenvalue weighted by Crippen LogP contribution is 2.42. The molecule has 5 heteroatoms. The predicted octanol–water partition coefficient (Wildman–Crippen LogP) is 3.43. The Labute approximate surface area is 112 Å². The first-order chi connectivity index (χ1) is 8.56. The lowest BCUT2D eigenvalue weighted by Gasteiger charge is -2.36. The van der Waals surface area contributed by atoms with Crippen LogP contribution in [0, 0.1) is 11.6 Å². The topological polar surface area (TPSA) is 20.3 Å². The Morgan fingerprint density at radius 3 is 2.33 bits per heavy atom. The first-order valence-corrected chi connectivity index (χ1v) is 6.80. The second-order valence-corrected chi connectivity index (χ2v) is 5.81. The van der Waals surface area contributed by atoms with E-state index in [1.807, 2.05) is 4.90 Å². The van der Waals surface area contributed by atoms with Crippen LogP contribution in [0.15, 0.2) is 16.6 Å². The van der Waals surface area contributed by atoms with Gasteiger partial charge in [0.1, 0.15) is 11.6 Å². The van der Waals surface area contributed by atoms with Crippen LogP contribution in [0.25, 0.3) is 0 Å². The molecule has 2 fully saturated rings. The average molecular weight is 316 g/mol. The predicted molar refractivity (Wildman–Crippen MR) is 67.6 cm³/mol. The number of fused-ring (bicyclic) bond motifs is 2. The van der Waals surface area contributed by atoms with E-state index >= 15 is 0 Å². The Morgan fingerprint density at radius 1 is 1.17 bits per heavy atom. The molecule has 1 aromatic carbocycles. The molecule has 0 aliphatic carbocycles. The quantitative estimate of drug-likeness (QED) is 0.791. The molecule has 2 aliphatic rings. The van der Waals surface area contributed by atoms with Gasteiger partial charge in [0.25, 0.3) is 0 Å². The molecule has 0 spiro atoms. The Bertz CT molecular complexity index is 481. The van der Waals surface area contributed by atoms with Crippen molar-refractivity contribution in [3.05, 3.63) is 28.2 Å². The molecule has 2 bridgehead atoms. The van der Waals surface area contributed by atoms with Gasteiger partial charge in [-0.05, 0) is 34.8 Å². The summed E-state index contributed by atoms with van der Waals surface area (Å²) in [5.41, 5.74) is 0.399. The minimum atomic E-state index is -0.594. The van der Waals surface area contributed by atoms with Crippen molar-refractivity contribution in [3.63, 3.8) is 0 Å². The maximum absolute atomic E-state index is 14.0. The van der Waals surface area contributed by atoms with Crippen molar-refractivity contribution in [3.8, 4) is 0 Å². The maximum Gasteiger partial charge on any atom is 0.150 e. The zero-order valence-electron chi connectivity index (χ0n) is 9.63. The zero-order valence-corrected chi connectivity index (χ0v) is 11.2. The first kappa shape index (κ1) is 12.1. The van der Waals surface area contributed by atoms with Gasteiger partial charge in [-0.2, -0.15) is 0 Å². The monoisotopic (exact) mass is 315 g/mol. The van der Waals surface area contributed by atoms with Crippen molar-refractivity contribution < 1.29 is 13.6 Å². The molecule has 0 amide bonds. The Balaban J connectivity index is 2.04. The molecule has 0 saturated carbocycles. The van der Waals surface area contributed by atoms with Crippen molar-refractivity contribution in [1.29, 1.82) is 0 Å². The highest BCUT2D eigenvalue weighted by Gasteiger charge is 2.41. The van der Waals surface area contributed by atoms with Gasteiger partial charge in [-0.1, -0.05) is 0 Å². The molecule has 1 aromatic rings. The van der Waals surface area contributed by atoms with Crippen LogP contribution < -0.4 is 4.90 Å². The number of benzene rings is 1. The minimum Gasteiger partial charge on any atom is -0.361 e. The van der Waals surface area contributed by atoms with E-state index in [4.69, 9.17) is 0 Å². The van der Waals surface area contributed by atoms with Crippen LogP contribution in [0.2, 0.25) is 0 Å². The van der Waals surface area contributed by atoms with Crippen LogP contribution in [0.1, 0.15) is 25.7 Å². The SMILES string of the molecule is O=C1CC2CCC(C1)N2c1c(F)cc(F)cc1Br. The molecule has 0 N–H and O–H groups in total. The van der Waals surface area contributed by atoms with Gasteiger partial charge < -0.3 is 4.90 Å². The second kappa shape index (κ2) is 4.30. The van der Waals surface area contributed by atoms with E-state index in [0.717, 1.165) is 18.9 Å². The molecule has 96 valence electrons. The third-order valence-electron chi connectivity index (χ3n) is 3.79. The van der Waals surface area contributed by atoms with E-state index in [1.165, 1.54) is 6.07 Å². The van der Waals surface area contributed by atoms with Gasteiger partial charge in [-0.15, -0.1) is 0 Å². The number of hydrogen-bond donors (Lipinski definition) is 0. The molecule has 2 atom stereocenters. The Morgan fingerprint density at radius 2 is 1.78 bits per heavy atom. The summed E-state index contributed by atoms with van der Waals surface area (Å²) in [6, 6.07) is 2.30. The van der Waals surface area contributed by atoms with E-state index < -0.39 is 11.6 Å². The number of hydrogen-bond acceptors (Lipinski definition) is 2. The standard InChI is InChI=1S/C13H12BrF2NO/c14-11-3-7(15)4-12(16)13(11)17-8-1-2-9(17)6-10(18)5-8/h3-4,8-9H,1-2,5-6H2. The van der Waals surface area contributed by atoms with Gasteiger partial charge in [0.15, 0.2) is 5.82 Å². The van der Waals surface area contributed by atoms with Crippen molar-refractivity contribution in [1.82, 2.24) is 0 Å². The number of carbonyl (C=O) groups is 1. The normalized spacial score (nSPS) is 26.8. The summed E-state index contributed by atoms with van der Waals surface area (Å²) in [5, 5.41) is 0. The molecule has 18 heavy (non-hydrogen) atoms. The summed E-state index contributed by atoms with van der Waals surface area (Å²) in [7, 11) is 0. The van der Waals surface area contributed by atoms with Crippen molar-refractivity contribution in [2.24, 2.45) is 0 Å². The summed E-state index contributed by atoms with van der Waals surface area (Å²) in [6.07, 6.45) is 2.75. The largest absolute Gasteiger partial charge is 0.361 e. The number of carbonyl (C=O) groups excluding carboxylic acids is 1. The van der Waals surface area contributed by atoms with Crippen LogP contribution in [0.3, 0.4) is 0 Å². The summed E-state index contributed by atoms with van der Waals surface area (Å²) in [6.45, 7) is 0. The maximum atomic E-state index is 14.0. The van der Waals surface area contributed by atoms with Gasteiger partial charge in [0.2, 0.25) is 0 Å². The van der Waals surface area contributed by atoms with Gasteiger partial charge in [-0.3, -0.25) is 4.79 Å². The van der Waals surface area contributed by atoms with Gasteiger partial charge in [-0.25, -0.2) is 8.78 Å². The number of Topliss-reactive ketones (excluding diaryl/α,β-unsaturated/α-hetero) is 1. The lowest BCUT2D eigenvalue weighted by molar-refractivity contribution is -0.120. The molecule has 2 nitrogen and oxygen atoms in total. The number of anilines is 1. The van der Waals surface area contributed by atoms with E-state index in [0.29, 0.717) is 23.0 Å². The van der Waals surface area contributed by atoms with E-state index in [-0.39, 0.29) is 17.9 Å². The van der Waals surface area contributed by atoms with Gasteiger partial charge >= 0.3 is 0 Å². The van der Waals surface area contributed by atoms with Crippen LogP contribution in [0.4, 0.5) is 14.5 Å². The summed E-state index contributed by atoms with van der Waals surface area (Å²) >= 11 is 3.22. The third kappa shape index (κ3) is 1.85. The number of piperidine rings is 1. The number of rotatable bonds is 1. The summed E-state index contributed by atoms with van der Waals surface area (Å²) < 4.78 is 27.5. The lowest BCUT2D eigenvalue weighted by Crippen LogP contribution is -2.43. The smallest absolute Gasteiger partial charge is 0.150 e. The molecule has 2 aliphatic heterocycles. The average Bonchev–Trinajstić information content (AvgIpc) is 2.53. The molecular weight excluding hydrogens is 304 g/mol. The number of nitrogens with zero attached hydrogens (tertiary/aromatic N) is 1. The summed E-state index contributed by atoms with van der Waals surface area (Å²) in [4.78, 5) is 13.5. The fourth-order valence-electron chi connectivity index (χ4n) is 3.12. The van der Waals surface area contributed by atoms with E-state index in [1.54, 1.807) is 0 Å². The molecule has 2 unspecified atom stereocenters. The number of ketones is 1. The van der Waals surface area contributed by atoms with Crippen molar-refractivity contribution in [2.45, 2.75) is 37.8 Å². The molecule has 2 saturated heterocycles. The van der Waals surface area contributed by atoms with Gasteiger partial charge in [0.05, 0.1) is 5.69 Å². The number of halogens is 3. The van der Waals surface area contributed by atoms with Crippen LogP contribution in [-0.2, 0) is 4.79 Å². The Hall–Kier alpha value is -0.970. The third-order valence-corrected chi connectivity index (χ3v) is 4.39. The minimum absolute atomic E-state index is 0.0625. The molecule has 2 heterocycles. The Kier molecular flexibility index (Phi) is 2.88. The fourth-order valence-corrected chi connectivity index (χ4v) is 3.73. The van der Waals surface area contributed by atoms with Crippen LogP contribution >= 0.6 is 15.9 Å². The van der Waals surface area contributed by atoms with E-state index in [2.05, 4.69) is 15.9 Å². The fraction of sp³-hybridized carbons (Fsp3) is 0.462. The van der Waals surface area contributed by atoms with Crippen LogP contribution in [0.5, 0.6) is 0 Å². The second-order valence-electron chi connectivity index (χ2n) is 4.96. The van der Waals surface area contributed by atoms with Gasteiger partial charge in [0, 0.05) is 35.5 Å². The molecule has 0 aromatic heterocycles. The van der Waals surface area contributed by atoms with Crippen LogP contribution in [-0.4, -0.2) is 17.9 Å². The molecule has 0 radical (unpaired) electrons. The van der Waals surface area contributed by atoms with Crippen molar-refractivity contribution >= 4 is 27.4 Å². The molecule has 3 rings (SSSR count). The lowest BCUT2D eigenvalue weighted by atomic mass is 10.0. The van der Waals surface area contributed by atoms with Crippen molar-refractivity contribution in [2.75, 3.05) is 4.90 Å². The zero-order chi connectivity index (χ0) is 12.9. The van der Waals surface area contributed by atoms with E-state index in [9.17, 15) is 13.6 Å². The first-order valence-electron chi connectivity index (χ1n) is 6.01. The molecular formula is C13H12BrF2NO.